The molecule has 2 atom stereocenters. The predicted octanol–water partition coefficient (Wildman–Crippen LogP) is 4.44. The molecular formula is C19H36N2. The summed E-state index contributed by atoms with van der Waals surface area (Å²) in [4.78, 5) is 0. The maximum absolute atomic E-state index is 3.67. The molecule has 0 saturated heterocycles. The minimum absolute atomic E-state index is 0.247. The molecule has 0 aromatic carbocycles. The monoisotopic (exact) mass is 292 g/mol. The van der Waals surface area contributed by atoms with Crippen molar-refractivity contribution in [1.82, 2.24) is 10.6 Å². The first-order valence-corrected chi connectivity index (χ1v) is 8.95. The van der Waals surface area contributed by atoms with E-state index in [1.807, 2.05) is 0 Å². The van der Waals surface area contributed by atoms with Gasteiger partial charge in [-0.25, -0.2) is 0 Å². The zero-order chi connectivity index (χ0) is 15.6. The summed E-state index contributed by atoms with van der Waals surface area (Å²) < 4.78 is 0. The van der Waals surface area contributed by atoms with Crippen molar-refractivity contribution in [3.8, 4) is 0 Å². The fourth-order valence-electron chi connectivity index (χ4n) is 3.24. The second-order valence-corrected chi connectivity index (χ2v) is 6.78. The molecule has 122 valence electrons. The third-order valence-electron chi connectivity index (χ3n) is 4.39. The van der Waals surface area contributed by atoms with Crippen LogP contribution >= 0.6 is 0 Å². The van der Waals surface area contributed by atoms with E-state index in [2.05, 4.69) is 62.6 Å². The first kappa shape index (κ1) is 18.4. The van der Waals surface area contributed by atoms with Crippen LogP contribution in [-0.4, -0.2) is 25.2 Å². The van der Waals surface area contributed by atoms with E-state index in [4.69, 9.17) is 0 Å². The van der Waals surface area contributed by atoms with Gasteiger partial charge >= 0.3 is 0 Å². The average molecular weight is 293 g/mol. The highest BCUT2D eigenvalue weighted by Gasteiger charge is 2.29. The highest BCUT2D eigenvalue weighted by molar-refractivity contribution is 5.25. The van der Waals surface area contributed by atoms with Gasteiger partial charge in [-0.2, -0.15) is 0 Å². The average Bonchev–Trinajstić information content (AvgIpc) is 2.87. The first-order valence-electron chi connectivity index (χ1n) is 8.95. The molecule has 0 spiro atoms. The number of hydrogen-bond donors (Lipinski definition) is 2. The molecule has 1 aliphatic rings. The summed E-state index contributed by atoms with van der Waals surface area (Å²) in [6.07, 6.45) is 16.7. The van der Waals surface area contributed by atoms with Crippen molar-refractivity contribution in [2.75, 3.05) is 13.1 Å². The van der Waals surface area contributed by atoms with Crippen LogP contribution in [0, 0.1) is 5.41 Å². The van der Waals surface area contributed by atoms with Crippen molar-refractivity contribution in [3.05, 3.63) is 24.3 Å². The summed E-state index contributed by atoms with van der Waals surface area (Å²) >= 11 is 0. The molecule has 0 heterocycles. The predicted molar refractivity (Wildman–Crippen MR) is 94.7 cm³/mol. The largest absolute Gasteiger partial charge is 0.314 e. The van der Waals surface area contributed by atoms with E-state index in [0.29, 0.717) is 12.1 Å². The maximum atomic E-state index is 3.67. The number of allylic oxidation sites excluding steroid dienone is 4. The Kier molecular flexibility index (Phi) is 8.94. The van der Waals surface area contributed by atoms with E-state index in [9.17, 15) is 0 Å². The van der Waals surface area contributed by atoms with Crippen LogP contribution in [-0.2, 0) is 0 Å². The Bertz CT molecular complexity index is 288. The topological polar surface area (TPSA) is 24.1 Å². The molecule has 2 heteroatoms. The SMILES string of the molecule is CCCCNC(C)CC1(CC(C)NCCCC)C=CC=C1. The standard InChI is InChI=1S/C19H36N2/c1-5-7-13-20-17(3)15-19(11-9-10-12-19)16-18(4)21-14-8-6-2/h9-12,17-18,20-21H,5-8,13-16H2,1-4H3. The number of unbranched alkanes of at least 4 members (excludes halogenated alkanes) is 2. The lowest BCUT2D eigenvalue weighted by Crippen LogP contribution is -2.37. The van der Waals surface area contributed by atoms with Gasteiger partial charge in [0, 0.05) is 17.5 Å². The van der Waals surface area contributed by atoms with Crippen LogP contribution in [0.5, 0.6) is 0 Å². The zero-order valence-corrected chi connectivity index (χ0v) is 14.6. The lowest BCUT2D eigenvalue weighted by atomic mass is 9.78. The van der Waals surface area contributed by atoms with Crippen molar-refractivity contribution < 1.29 is 0 Å². The summed E-state index contributed by atoms with van der Waals surface area (Å²) in [5, 5.41) is 7.35. The smallest absolute Gasteiger partial charge is 0.00964 e. The molecule has 0 saturated carbocycles. The second-order valence-electron chi connectivity index (χ2n) is 6.78. The zero-order valence-electron chi connectivity index (χ0n) is 14.6. The maximum Gasteiger partial charge on any atom is 0.00964 e. The van der Waals surface area contributed by atoms with Crippen LogP contribution in [0.15, 0.2) is 24.3 Å². The number of rotatable bonds is 12. The van der Waals surface area contributed by atoms with Gasteiger partial charge in [0.05, 0.1) is 0 Å². The van der Waals surface area contributed by atoms with Crippen molar-refractivity contribution in [3.63, 3.8) is 0 Å². The van der Waals surface area contributed by atoms with Crippen LogP contribution < -0.4 is 10.6 Å². The van der Waals surface area contributed by atoms with Crippen molar-refractivity contribution in [2.45, 2.75) is 78.3 Å². The Hall–Kier alpha value is -0.600. The fraction of sp³-hybridized carbons (Fsp3) is 0.789. The molecular weight excluding hydrogens is 256 g/mol. The first-order chi connectivity index (χ1) is 10.1. The second kappa shape index (κ2) is 10.2. The van der Waals surface area contributed by atoms with Gasteiger partial charge in [0.1, 0.15) is 0 Å². The minimum Gasteiger partial charge on any atom is -0.314 e. The van der Waals surface area contributed by atoms with E-state index < -0.39 is 0 Å². The molecule has 0 amide bonds. The van der Waals surface area contributed by atoms with Crippen LogP contribution in [0.3, 0.4) is 0 Å². The molecule has 1 aliphatic carbocycles. The fourth-order valence-corrected chi connectivity index (χ4v) is 3.24. The molecule has 2 N–H and O–H groups in total. The Balaban J connectivity index is 2.43. The van der Waals surface area contributed by atoms with E-state index >= 15 is 0 Å². The van der Waals surface area contributed by atoms with Crippen molar-refractivity contribution in [2.24, 2.45) is 5.41 Å². The molecule has 0 radical (unpaired) electrons. The van der Waals surface area contributed by atoms with Gasteiger partial charge in [0.25, 0.3) is 0 Å². The van der Waals surface area contributed by atoms with E-state index in [-0.39, 0.29) is 5.41 Å². The summed E-state index contributed by atoms with van der Waals surface area (Å²) in [7, 11) is 0. The third kappa shape index (κ3) is 7.28. The van der Waals surface area contributed by atoms with E-state index in [1.165, 1.54) is 38.5 Å². The van der Waals surface area contributed by atoms with Gasteiger partial charge in [-0.1, -0.05) is 51.0 Å². The highest BCUT2D eigenvalue weighted by atomic mass is 14.9. The van der Waals surface area contributed by atoms with Crippen LogP contribution in [0.4, 0.5) is 0 Å². The van der Waals surface area contributed by atoms with E-state index in [0.717, 1.165) is 13.1 Å². The lowest BCUT2D eigenvalue weighted by molar-refractivity contribution is 0.313. The minimum atomic E-state index is 0.247. The van der Waals surface area contributed by atoms with Crippen molar-refractivity contribution >= 4 is 0 Å². The molecule has 2 unspecified atom stereocenters. The van der Waals surface area contributed by atoms with Gasteiger partial charge in [-0.15, -0.1) is 0 Å². The summed E-state index contributed by atoms with van der Waals surface area (Å²) in [6, 6.07) is 1.15. The Morgan fingerprint density at radius 2 is 1.24 bits per heavy atom. The van der Waals surface area contributed by atoms with Crippen molar-refractivity contribution in [1.29, 1.82) is 0 Å². The van der Waals surface area contributed by atoms with Crippen LogP contribution in [0.1, 0.15) is 66.2 Å². The van der Waals surface area contributed by atoms with Crippen LogP contribution in [0.2, 0.25) is 0 Å². The molecule has 21 heavy (non-hydrogen) atoms. The third-order valence-corrected chi connectivity index (χ3v) is 4.39. The molecule has 0 bridgehead atoms. The van der Waals surface area contributed by atoms with Gasteiger partial charge < -0.3 is 10.6 Å². The van der Waals surface area contributed by atoms with Gasteiger partial charge in [0.2, 0.25) is 0 Å². The highest BCUT2D eigenvalue weighted by Crippen LogP contribution is 2.36. The normalized spacial score (nSPS) is 19.0. The molecule has 2 nitrogen and oxygen atoms in total. The number of hydrogen-bond acceptors (Lipinski definition) is 2. The quantitative estimate of drug-likeness (QED) is 0.520. The molecule has 0 fully saturated rings. The van der Waals surface area contributed by atoms with E-state index in [1.54, 1.807) is 0 Å². The summed E-state index contributed by atoms with van der Waals surface area (Å²) in [5.74, 6) is 0. The Labute approximate surface area is 132 Å². The molecule has 1 rings (SSSR count). The molecule has 0 aromatic rings. The number of nitrogens with one attached hydrogen (secondary N) is 2. The van der Waals surface area contributed by atoms with Crippen LogP contribution in [0.25, 0.3) is 0 Å². The Morgan fingerprint density at radius 3 is 1.62 bits per heavy atom. The Morgan fingerprint density at radius 1 is 0.810 bits per heavy atom. The lowest BCUT2D eigenvalue weighted by Gasteiger charge is -2.32. The van der Waals surface area contributed by atoms with Gasteiger partial charge in [-0.3, -0.25) is 0 Å². The summed E-state index contributed by atoms with van der Waals surface area (Å²) in [5.41, 5.74) is 0.247. The van der Waals surface area contributed by atoms with Gasteiger partial charge in [-0.05, 0) is 52.6 Å². The summed E-state index contributed by atoms with van der Waals surface area (Å²) in [6.45, 7) is 11.4. The molecule has 0 aromatic heterocycles. The molecule has 0 aliphatic heterocycles. The van der Waals surface area contributed by atoms with Gasteiger partial charge in [0.15, 0.2) is 0 Å².